The molecule has 2 aliphatic heterocycles. The zero-order chi connectivity index (χ0) is 39.5. The molecule has 2 aliphatic rings. The largest absolute Gasteiger partial charge is 0.243 e. The monoisotopic (exact) mass is 930 g/mol. The number of halogens is 10. The van der Waals surface area contributed by atoms with E-state index in [-0.39, 0.29) is 0 Å². The number of rotatable bonds is 7. The van der Waals surface area contributed by atoms with Crippen molar-refractivity contribution in [2.75, 3.05) is 0 Å². The van der Waals surface area contributed by atoms with Crippen LogP contribution in [0.3, 0.4) is 0 Å². The van der Waals surface area contributed by atoms with Crippen molar-refractivity contribution in [3.05, 3.63) is 205 Å². The predicted octanol–water partition coefficient (Wildman–Crippen LogP) is 15.2. The van der Waals surface area contributed by atoms with Crippen LogP contribution in [-0.2, 0) is 11.3 Å². The molecule has 2 heterocycles. The molecule has 0 amide bonds. The molecule has 0 bridgehead atoms. The van der Waals surface area contributed by atoms with Gasteiger partial charge in [-0.2, -0.15) is 0 Å². The van der Waals surface area contributed by atoms with Crippen molar-refractivity contribution in [1.82, 2.24) is 0 Å². The number of benzene rings is 6. The summed E-state index contributed by atoms with van der Waals surface area (Å²) in [5.41, 5.74) is 0.503. The zero-order valence-electron chi connectivity index (χ0n) is 28.1. The molecule has 4 nitrogen and oxygen atoms in total. The van der Waals surface area contributed by atoms with Crippen LogP contribution in [0.5, 0.6) is 0 Å². The van der Waals surface area contributed by atoms with Gasteiger partial charge in [-0.15, -0.1) is 0 Å². The van der Waals surface area contributed by atoms with E-state index in [2.05, 4.69) is 0 Å². The van der Waals surface area contributed by atoms with Crippen molar-refractivity contribution >= 4 is 139 Å². The van der Waals surface area contributed by atoms with E-state index >= 15 is 0 Å². The summed E-state index contributed by atoms with van der Waals surface area (Å²) >= 11 is 68.0. The van der Waals surface area contributed by atoms with E-state index in [1.54, 1.807) is 97.1 Å². The van der Waals surface area contributed by atoms with Crippen LogP contribution < -0.4 is 0 Å². The molecule has 6 aromatic carbocycles. The average Bonchev–Trinajstić information content (AvgIpc) is 3.74. The lowest BCUT2D eigenvalue weighted by atomic mass is 9.82. The average molecular weight is 935 g/mol. The molecule has 6 aromatic rings. The van der Waals surface area contributed by atoms with Gasteiger partial charge in [-0.3, -0.25) is 0 Å². The summed E-state index contributed by atoms with van der Waals surface area (Å²) in [6.45, 7) is 0. The van der Waals surface area contributed by atoms with Crippen LogP contribution in [-0.4, -0.2) is 22.8 Å². The third kappa shape index (κ3) is 6.86. The lowest BCUT2D eigenvalue weighted by molar-refractivity contribution is 0.257. The molecule has 8 rings (SSSR count). The first kappa shape index (κ1) is 39.7. The van der Waals surface area contributed by atoms with Gasteiger partial charge < -0.3 is 0 Å². The summed E-state index contributed by atoms with van der Waals surface area (Å²) in [5, 5.41) is 3.51. The molecule has 0 N–H and O–H groups in total. The van der Waals surface area contributed by atoms with E-state index in [1.165, 1.54) is 0 Å². The Balaban J connectivity index is 1.59. The highest BCUT2D eigenvalue weighted by Gasteiger charge is 2.62. The van der Waals surface area contributed by atoms with Crippen LogP contribution in [0.25, 0.3) is 0 Å². The van der Waals surface area contributed by atoms with Gasteiger partial charge in [0.25, 0.3) is 0 Å². The maximum absolute atomic E-state index is 7.22. The minimum atomic E-state index is -1.86. The molecular formula is C42H20Cl10N4. The van der Waals surface area contributed by atoms with Gasteiger partial charge in [0.2, 0.25) is 11.3 Å². The van der Waals surface area contributed by atoms with Crippen LogP contribution in [0.1, 0.15) is 33.4 Å². The Bertz CT molecular complexity index is 2420. The molecule has 0 aromatic heterocycles. The standard InChI is InChI=1S/C42H20Cl10N4/c43-21-9-13-25(33(49)17-21)37-38(26-14-10-22(44)18-34(26)50)54-41(53-37,29-5-1-3-7-31(29)47)42(30-6-2-4-8-32(30)48)55-39(27-15-11-23(45)19-35(27)51)40(56-42)28-16-12-24(46)20-36(28)52/h1-20H. The van der Waals surface area contributed by atoms with Crippen LogP contribution in [0.4, 0.5) is 0 Å². The fourth-order valence-corrected chi connectivity index (χ4v) is 9.33. The maximum atomic E-state index is 7.22. The van der Waals surface area contributed by atoms with Gasteiger partial charge in [-0.1, -0.05) is 152 Å². The molecule has 0 unspecified atom stereocenters. The van der Waals surface area contributed by atoms with Crippen LogP contribution in [0.15, 0.2) is 141 Å². The molecule has 0 aliphatic carbocycles. The Morgan fingerprint density at radius 1 is 0.286 bits per heavy atom. The molecule has 0 atom stereocenters. The summed E-state index contributed by atoms with van der Waals surface area (Å²) in [7, 11) is 0. The summed E-state index contributed by atoms with van der Waals surface area (Å²) in [5.74, 6) is 0. The van der Waals surface area contributed by atoms with Crippen LogP contribution in [0.2, 0.25) is 50.2 Å². The minimum absolute atomic E-state index is 0.302. The third-order valence-corrected chi connectivity index (χ3v) is 12.1. The van der Waals surface area contributed by atoms with Gasteiger partial charge in [0.1, 0.15) is 0 Å². The van der Waals surface area contributed by atoms with Crippen molar-refractivity contribution in [3.63, 3.8) is 0 Å². The van der Waals surface area contributed by atoms with Crippen LogP contribution in [0, 0.1) is 0 Å². The number of hydrogen-bond acceptors (Lipinski definition) is 4. The lowest BCUT2D eigenvalue weighted by Crippen LogP contribution is -2.43. The molecule has 0 spiro atoms. The molecule has 0 saturated carbocycles. The Kier molecular flexibility index (Phi) is 11.0. The fourth-order valence-electron chi connectivity index (χ4n) is 6.80. The van der Waals surface area contributed by atoms with E-state index < -0.39 is 11.3 Å². The summed E-state index contributed by atoms with van der Waals surface area (Å²) < 4.78 is 0. The highest BCUT2D eigenvalue weighted by Crippen LogP contribution is 2.57. The second-order valence-corrected chi connectivity index (χ2v) is 16.8. The van der Waals surface area contributed by atoms with Crippen molar-refractivity contribution in [2.45, 2.75) is 11.3 Å². The van der Waals surface area contributed by atoms with E-state index in [4.69, 9.17) is 136 Å². The van der Waals surface area contributed by atoms with E-state index in [0.29, 0.717) is 106 Å². The summed E-state index contributed by atoms with van der Waals surface area (Å²) in [6.07, 6.45) is 0. The van der Waals surface area contributed by atoms with E-state index in [9.17, 15) is 0 Å². The Labute approximate surface area is 372 Å². The Morgan fingerprint density at radius 2 is 0.536 bits per heavy atom. The molecule has 278 valence electrons. The summed E-state index contributed by atoms with van der Waals surface area (Å²) in [6, 6.07) is 34.7. The SMILES string of the molecule is Clc1ccc(C2=NC(c3ccccc3Cl)(C3(c4ccccc4Cl)N=C(c4ccc(Cl)cc4Cl)C(c4ccc(Cl)cc4Cl)=N3)N=C2c2ccc(Cl)cc2Cl)c(Cl)c1. The molecule has 0 saturated heterocycles. The van der Waals surface area contributed by atoms with Gasteiger partial charge >= 0.3 is 0 Å². The van der Waals surface area contributed by atoms with Crippen molar-refractivity contribution in [3.8, 4) is 0 Å². The first-order chi connectivity index (χ1) is 26.8. The molecule has 14 heteroatoms. The second kappa shape index (κ2) is 15.6. The van der Waals surface area contributed by atoms with Crippen molar-refractivity contribution in [2.24, 2.45) is 20.0 Å². The number of hydrogen-bond donors (Lipinski definition) is 0. The lowest BCUT2D eigenvalue weighted by Gasteiger charge is -2.39. The van der Waals surface area contributed by atoms with Crippen molar-refractivity contribution < 1.29 is 0 Å². The number of nitrogens with zero attached hydrogens (tertiary/aromatic N) is 4. The van der Waals surface area contributed by atoms with E-state index in [1.807, 2.05) is 24.3 Å². The van der Waals surface area contributed by atoms with Gasteiger partial charge in [0.05, 0.1) is 42.9 Å². The first-order valence-corrected chi connectivity index (χ1v) is 20.3. The van der Waals surface area contributed by atoms with Gasteiger partial charge in [0, 0.05) is 63.5 Å². The zero-order valence-corrected chi connectivity index (χ0v) is 35.7. The van der Waals surface area contributed by atoms with Gasteiger partial charge in [-0.25, -0.2) is 20.0 Å². The van der Waals surface area contributed by atoms with Crippen molar-refractivity contribution in [1.29, 1.82) is 0 Å². The van der Waals surface area contributed by atoms with Gasteiger partial charge in [-0.05, 0) is 84.9 Å². The second-order valence-electron chi connectivity index (χ2n) is 12.6. The Hall–Kier alpha value is -3.10. The molecule has 0 fully saturated rings. The third-order valence-electron chi connectivity index (χ3n) is 9.27. The Morgan fingerprint density at radius 3 is 0.768 bits per heavy atom. The minimum Gasteiger partial charge on any atom is -0.243 e. The predicted molar refractivity (Wildman–Crippen MR) is 238 cm³/mol. The molecule has 0 radical (unpaired) electrons. The number of aliphatic imine (C=N–C) groups is 4. The fraction of sp³-hybridized carbons (Fsp3) is 0.0476. The van der Waals surface area contributed by atoms with Gasteiger partial charge in [0.15, 0.2) is 0 Å². The van der Waals surface area contributed by atoms with E-state index in [0.717, 1.165) is 0 Å². The summed E-state index contributed by atoms with van der Waals surface area (Å²) in [4.78, 5) is 22.2. The maximum Gasteiger partial charge on any atom is 0.227 e. The quantitative estimate of drug-likeness (QED) is 0.153. The first-order valence-electron chi connectivity index (χ1n) is 16.5. The molecule has 56 heavy (non-hydrogen) atoms. The highest BCUT2D eigenvalue weighted by atomic mass is 35.5. The highest BCUT2D eigenvalue weighted by molar-refractivity contribution is 6.60. The topological polar surface area (TPSA) is 49.4 Å². The molecular weight excluding hydrogens is 915 g/mol. The normalized spacial score (nSPS) is 15.7. The van der Waals surface area contributed by atoms with Crippen LogP contribution >= 0.6 is 116 Å². The smallest absolute Gasteiger partial charge is 0.227 e.